The molecule has 5 heteroatoms. The summed E-state index contributed by atoms with van der Waals surface area (Å²) in [6, 6.07) is 16.2. The van der Waals surface area contributed by atoms with E-state index in [1.54, 1.807) is 0 Å². The third kappa shape index (κ3) is 3.08. The van der Waals surface area contributed by atoms with Crippen molar-refractivity contribution in [2.75, 3.05) is 20.2 Å². The number of halogens is 1. The van der Waals surface area contributed by atoms with E-state index in [1.165, 1.54) is 23.1 Å². The van der Waals surface area contributed by atoms with Crippen molar-refractivity contribution in [1.29, 1.82) is 0 Å². The number of hydrogen-bond donors (Lipinski definition) is 0. The van der Waals surface area contributed by atoms with Crippen LogP contribution < -0.4 is 0 Å². The van der Waals surface area contributed by atoms with Crippen molar-refractivity contribution < 1.29 is 14.3 Å². The number of carbonyl (C=O) groups excluding carboxylic acids is 2. The summed E-state index contributed by atoms with van der Waals surface area (Å²) in [5.41, 5.74) is 4.65. The lowest BCUT2D eigenvalue weighted by Gasteiger charge is -2.18. The number of ether oxygens (including phenoxy) is 1. The number of hydrogen-bond acceptors (Lipinski definition) is 3. The van der Waals surface area contributed by atoms with Gasteiger partial charge >= 0.3 is 6.09 Å². The molecule has 3 rings (SSSR count). The largest absolute Gasteiger partial charge is 0.448 e. The average molecular weight is 330 g/mol. The molecule has 0 atom stereocenters. The molecule has 0 N–H and O–H groups in total. The maximum Gasteiger partial charge on any atom is 0.409 e. The molecule has 118 valence electrons. The number of rotatable bonds is 4. The normalized spacial score (nSPS) is 12.4. The van der Waals surface area contributed by atoms with Crippen LogP contribution >= 0.6 is 11.6 Å². The zero-order valence-corrected chi connectivity index (χ0v) is 13.4. The van der Waals surface area contributed by atoms with E-state index in [4.69, 9.17) is 16.3 Å². The lowest BCUT2D eigenvalue weighted by molar-refractivity contribution is -0.112. The molecule has 23 heavy (non-hydrogen) atoms. The predicted molar refractivity (Wildman–Crippen MR) is 88.6 cm³/mol. The summed E-state index contributed by atoms with van der Waals surface area (Å²) in [6.45, 7) is 0.0614. The highest BCUT2D eigenvalue weighted by atomic mass is 35.5. The van der Waals surface area contributed by atoms with Gasteiger partial charge in [0.05, 0.1) is 6.54 Å². The summed E-state index contributed by atoms with van der Waals surface area (Å²) in [5.74, 6) is 0.00598. The molecule has 2 aromatic carbocycles. The molecule has 0 bridgehead atoms. The van der Waals surface area contributed by atoms with Crippen LogP contribution in [-0.2, 0) is 9.53 Å². The Kier molecular flexibility index (Phi) is 4.35. The number of likely N-dealkylation sites (N-methyl/N-ethyl adjacent to an activating group) is 1. The maximum atomic E-state index is 12.0. The zero-order valence-electron chi connectivity index (χ0n) is 12.7. The van der Waals surface area contributed by atoms with Crippen molar-refractivity contribution in [2.24, 2.45) is 0 Å². The molecule has 0 aliphatic heterocycles. The fourth-order valence-corrected chi connectivity index (χ4v) is 3.13. The van der Waals surface area contributed by atoms with Crippen LogP contribution in [0.15, 0.2) is 48.5 Å². The first-order valence-electron chi connectivity index (χ1n) is 7.32. The van der Waals surface area contributed by atoms with Crippen LogP contribution in [0.2, 0.25) is 0 Å². The Morgan fingerprint density at radius 1 is 1.04 bits per heavy atom. The first-order valence-corrected chi connectivity index (χ1v) is 7.70. The summed E-state index contributed by atoms with van der Waals surface area (Å²) in [7, 11) is 1.49. The Morgan fingerprint density at radius 3 is 2.09 bits per heavy atom. The van der Waals surface area contributed by atoms with E-state index in [0.29, 0.717) is 0 Å². The molecular weight excluding hydrogens is 314 g/mol. The van der Waals surface area contributed by atoms with Gasteiger partial charge in [-0.25, -0.2) is 4.79 Å². The minimum absolute atomic E-state index is 0.00598. The molecule has 0 spiro atoms. The molecule has 0 fully saturated rings. The first kappa shape index (κ1) is 15.6. The second-order valence-corrected chi connectivity index (χ2v) is 5.94. The SMILES string of the molecule is CN(CC(=O)Cl)C(=O)OCC1c2ccccc2-c2ccccc21. The highest BCUT2D eigenvalue weighted by Crippen LogP contribution is 2.44. The molecule has 0 unspecified atom stereocenters. The highest BCUT2D eigenvalue weighted by molar-refractivity contribution is 6.64. The Labute approximate surface area is 139 Å². The first-order chi connectivity index (χ1) is 11.1. The van der Waals surface area contributed by atoms with Gasteiger partial charge in [-0.1, -0.05) is 48.5 Å². The zero-order chi connectivity index (χ0) is 16.4. The lowest BCUT2D eigenvalue weighted by atomic mass is 9.98. The number of fused-ring (bicyclic) bond motifs is 3. The van der Waals surface area contributed by atoms with Crippen molar-refractivity contribution >= 4 is 22.9 Å². The van der Waals surface area contributed by atoms with Gasteiger partial charge in [0.25, 0.3) is 0 Å². The fourth-order valence-electron chi connectivity index (χ4n) is 2.96. The standard InChI is InChI=1S/C18H16ClNO3/c1-20(10-17(19)21)18(22)23-11-16-14-8-4-2-6-12(14)13-7-3-5-9-15(13)16/h2-9,16H,10-11H2,1H3. The molecule has 1 aliphatic rings. The van der Waals surface area contributed by atoms with Crippen molar-refractivity contribution in [2.45, 2.75) is 5.92 Å². The van der Waals surface area contributed by atoms with Crippen molar-refractivity contribution in [3.8, 4) is 11.1 Å². The van der Waals surface area contributed by atoms with Gasteiger partial charge in [0.15, 0.2) is 0 Å². The number of carbonyl (C=O) groups is 2. The topological polar surface area (TPSA) is 46.6 Å². The minimum atomic E-state index is -0.596. The average Bonchev–Trinajstić information content (AvgIpc) is 2.86. The van der Waals surface area contributed by atoms with Gasteiger partial charge in [-0.2, -0.15) is 0 Å². The molecule has 2 aromatic rings. The van der Waals surface area contributed by atoms with Crippen molar-refractivity contribution in [1.82, 2.24) is 4.90 Å². The van der Waals surface area contributed by atoms with E-state index in [1.807, 2.05) is 24.3 Å². The van der Waals surface area contributed by atoms with E-state index in [-0.39, 0.29) is 19.1 Å². The number of nitrogens with zero attached hydrogens (tertiary/aromatic N) is 1. The lowest BCUT2D eigenvalue weighted by Crippen LogP contribution is -2.32. The molecule has 0 saturated carbocycles. The second kappa shape index (κ2) is 6.42. The van der Waals surface area contributed by atoms with E-state index in [0.717, 1.165) is 11.1 Å². The van der Waals surface area contributed by atoms with Crippen LogP contribution in [0.4, 0.5) is 4.79 Å². The molecular formula is C18H16ClNO3. The Balaban J connectivity index is 1.78. The van der Waals surface area contributed by atoms with Crippen LogP contribution in [0.5, 0.6) is 0 Å². The van der Waals surface area contributed by atoms with Crippen LogP contribution in [0.1, 0.15) is 17.0 Å². The van der Waals surface area contributed by atoms with Gasteiger partial charge in [0, 0.05) is 13.0 Å². The van der Waals surface area contributed by atoms with E-state index in [9.17, 15) is 9.59 Å². The van der Waals surface area contributed by atoms with Gasteiger partial charge in [-0.15, -0.1) is 0 Å². The van der Waals surface area contributed by atoms with E-state index < -0.39 is 11.3 Å². The Morgan fingerprint density at radius 2 is 1.57 bits per heavy atom. The maximum absolute atomic E-state index is 12.0. The van der Waals surface area contributed by atoms with Crippen LogP contribution in [0, 0.1) is 0 Å². The van der Waals surface area contributed by atoms with Gasteiger partial charge in [-0.05, 0) is 33.9 Å². The second-order valence-electron chi connectivity index (χ2n) is 5.52. The monoisotopic (exact) mass is 329 g/mol. The van der Waals surface area contributed by atoms with Crippen molar-refractivity contribution in [3.63, 3.8) is 0 Å². The van der Waals surface area contributed by atoms with Gasteiger partial charge in [-0.3, -0.25) is 4.79 Å². The summed E-state index contributed by atoms with van der Waals surface area (Å²) in [5, 5.41) is -0.596. The Bertz CT molecular complexity index is 714. The highest BCUT2D eigenvalue weighted by Gasteiger charge is 2.29. The molecule has 4 nitrogen and oxygen atoms in total. The summed E-state index contributed by atoms with van der Waals surface area (Å²) >= 11 is 5.29. The molecule has 1 aliphatic carbocycles. The summed E-state index contributed by atoms with van der Waals surface area (Å²) < 4.78 is 5.38. The summed E-state index contributed by atoms with van der Waals surface area (Å²) in [6.07, 6.45) is -0.555. The van der Waals surface area contributed by atoms with Crippen LogP contribution in [0.3, 0.4) is 0 Å². The Hall–Kier alpha value is -2.33. The quantitative estimate of drug-likeness (QED) is 0.805. The van der Waals surface area contributed by atoms with Gasteiger partial charge < -0.3 is 9.64 Å². The molecule has 0 heterocycles. The molecule has 1 amide bonds. The number of benzene rings is 2. The minimum Gasteiger partial charge on any atom is -0.448 e. The van der Waals surface area contributed by atoms with E-state index >= 15 is 0 Å². The predicted octanol–water partition coefficient (Wildman–Crippen LogP) is 3.63. The van der Waals surface area contributed by atoms with E-state index in [2.05, 4.69) is 24.3 Å². The smallest absolute Gasteiger partial charge is 0.409 e. The van der Waals surface area contributed by atoms with Gasteiger partial charge in [0.1, 0.15) is 6.61 Å². The van der Waals surface area contributed by atoms with Crippen molar-refractivity contribution in [3.05, 3.63) is 59.7 Å². The number of amides is 1. The molecule has 0 radical (unpaired) electrons. The van der Waals surface area contributed by atoms with Gasteiger partial charge in [0.2, 0.25) is 5.24 Å². The van der Waals surface area contributed by atoms with Crippen LogP contribution in [-0.4, -0.2) is 36.4 Å². The third-order valence-corrected chi connectivity index (χ3v) is 4.13. The van der Waals surface area contributed by atoms with Crippen LogP contribution in [0.25, 0.3) is 11.1 Å². The molecule has 0 saturated heterocycles. The third-order valence-electron chi connectivity index (χ3n) is 4.01. The molecule has 0 aromatic heterocycles. The fraction of sp³-hybridized carbons (Fsp3) is 0.222. The summed E-state index contributed by atoms with van der Waals surface area (Å²) in [4.78, 5) is 24.0.